The molecule has 0 saturated carbocycles. The molecule has 1 fully saturated rings. The second-order valence-corrected chi connectivity index (χ2v) is 9.52. The molecule has 36 heavy (non-hydrogen) atoms. The van der Waals surface area contributed by atoms with Gasteiger partial charge in [-0.25, -0.2) is 0 Å². The lowest BCUT2D eigenvalue weighted by Crippen LogP contribution is -2.35. The maximum Gasteiger partial charge on any atom is 0.219 e. The fraction of sp³-hybridized carbons (Fsp3) is 0.321. The molecule has 8 heteroatoms. The van der Waals surface area contributed by atoms with Crippen molar-refractivity contribution in [3.8, 4) is 11.1 Å². The SMILES string of the molecule is CC(=O)N1CCc2c(c(N(c3ccccc3)c3ccc(-c4cnn(C)c4)cc3)nn2C2CCOC2)C1. The lowest BCUT2D eigenvalue weighted by Gasteiger charge is -2.29. The molecule has 2 aromatic carbocycles. The van der Waals surface area contributed by atoms with Crippen LogP contribution in [0.25, 0.3) is 11.1 Å². The van der Waals surface area contributed by atoms with E-state index in [0.717, 1.165) is 53.3 Å². The number of benzene rings is 2. The quantitative estimate of drug-likeness (QED) is 0.415. The highest BCUT2D eigenvalue weighted by atomic mass is 16.5. The van der Waals surface area contributed by atoms with Gasteiger partial charge in [0.1, 0.15) is 0 Å². The lowest BCUT2D eigenvalue weighted by atomic mass is 10.0. The fourth-order valence-corrected chi connectivity index (χ4v) is 5.24. The molecule has 6 rings (SSSR count). The van der Waals surface area contributed by atoms with E-state index in [2.05, 4.69) is 51.1 Å². The van der Waals surface area contributed by atoms with Gasteiger partial charge in [0.15, 0.2) is 5.82 Å². The Labute approximate surface area is 210 Å². The van der Waals surface area contributed by atoms with Crippen LogP contribution in [0.15, 0.2) is 67.0 Å². The third kappa shape index (κ3) is 4.07. The Balaban J connectivity index is 1.48. The van der Waals surface area contributed by atoms with Crippen molar-refractivity contribution in [2.45, 2.75) is 32.4 Å². The topological polar surface area (TPSA) is 68.4 Å². The standard InChI is InChI=1S/C28H30N6O2/c1-20(35)32-14-12-27-26(18-32)28(30-34(27)25-13-15-36-19-25)33(23-6-4-3-5-7-23)24-10-8-21(9-11-24)22-16-29-31(2)17-22/h3-11,16-17,25H,12-15,18-19H2,1-2H3. The Morgan fingerprint density at radius 2 is 1.83 bits per heavy atom. The summed E-state index contributed by atoms with van der Waals surface area (Å²) in [4.78, 5) is 16.4. The van der Waals surface area contributed by atoms with E-state index in [1.54, 1.807) is 6.92 Å². The summed E-state index contributed by atoms with van der Waals surface area (Å²) in [6.07, 6.45) is 5.64. The number of aryl methyl sites for hydroxylation is 1. The van der Waals surface area contributed by atoms with E-state index in [0.29, 0.717) is 19.7 Å². The van der Waals surface area contributed by atoms with Crippen LogP contribution in [-0.2, 0) is 29.5 Å². The van der Waals surface area contributed by atoms with Gasteiger partial charge in [0.2, 0.25) is 5.91 Å². The number of carbonyl (C=O) groups is 1. The van der Waals surface area contributed by atoms with Gasteiger partial charge < -0.3 is 9.64 Å². The minimum absolute atomic E-state index is 0.0932. The number of hydrogen-bond donors (Lipinski definition) is 0. The molecule has 0 spiro atoms. The molecule has 0 bridgehead atoms. The molecule has 1 unspecified atom stereocenters. The van der Waals surface area contributed by atoms with Gasteiger partial charge in [-0.1, -0.05) is 30.3 Å². The second kappa shape index (κ2) is 9.28. The Morgan fingerprint density at radius 1 is 1.06 bits per heavy atom. The summed E-state index contributed by atoms with van der Waals surface area (Å²) in [6.45, 7) is 4.35. The van der Waals surface area contributed by atoms with Gasteiger partial charge in [0.05, 0.1) is 25.4 Å². The summed E-state index contributed by atoms with van der Waals surface area (Å²) in [5, 5.41) is 9.52. The van der Waals surface area contributed by atoms with Crippen molar-refractivity contribution < 1.29 is 9.53 Å². The molecule has 0 radical (unpaired) electrons. The third-order valence-electron chi connectivity index (χ3n) is 7.15. The average Bonchev–Trinajstić information content (AvgIpc) is 3.66. The van der Waals surface area contributed by atoms with Crippen LogP contribution >= 0.6 is 0 Å². The van der Waals surface area contributed by atoms with Crippen molar-refractivity contribution in [1.82, 2.24) is 24.5 Å². The number of rotatable bonds is 5. The number of para-hydroxylation sites is 1. The monoisotopic (exact) mass is 482 g/mol. The van der Waals surface area contributed by atoms with Crippen LogP contribution in [0, 0.1) is 0 Å². The van der Waals surface area contributed by atoms with E-state index in [4.69, 9.17) is 9.84 Å². The van der Waals surface area contributed by atoms with E-state index in [1.165, 1.54) is 5.69 Å². The molecule has 2 aliphatic rings. The second-order valence-electron chi connectivity index (χ2n) is 9.52. The van der Waals surface area contributed by atoms with Gasteiger partial charge >= 0.3 is 0 Å². The fourth-order valence-electron chi connectivity index (χ4n) is 5.24. The van der Waals surface area contributed by atoms with E-state index >= 15 is 0 Å². The highest BCUT2D eigenvalue weighted by Crippen LogP contribution is 2.40. The molecule has 0 N–H and O–H groups in total. The smallest absolute Gasteiger partial charge is 0.219 e. The zero-order valence-electron chi connectivity index (χ0n) is 20.7. The van der Waals surface area contributed by atoms with E-state index in [1.807, 2.05) is 47.2 Å². The number of nitrogens with zero attached hydrogens (tertiary/aromatic N) is 6. The van der Waals surface area contributed by atoms with Gasteiger partial charge in [0.25, 0.3) is 0 Å². The van der Waals surface area contributed by atoms with Crippen LogP contribution in [0.1, 0.15) is 30.6 Å². The van der Waals surface area contributed by atoms with Gasteiger partial charge in [-0.05, 0) is 36.2 Å². The van der Waals surface area contributed by atoms with E-state index < -0.39 is 0 Å². The van der Waals surface area contributed by atoms with E-state index in [9.17, 15) is 4.79 Å². The zero-order chi connectivity index (χ0) is 24.6. The summed E-state index contributed by atoms with van der Waals surface area (Å²) in [6, 6.07) is 19.0. The number of aromatic nitrogens is 4. The summed E-state index contributed by atoms with van der Waals surface area (Å²) in [5.41, 5.74) is 6.56. The van der Waals surface area contributed by atoms with Crippen molar-refractivity contribution in [2.24, 2.45) is 7.05 Å². The van der Waals surface area contributed by atoms with Crippen LogP contribution in [-0.4, -0.2) is 50.1 Å². The predicted molar refractivity (Wildman–Crippen MR) is 138 cm³/mol. The molecular formula is C28H30N6O2. The number of anilines is 3. The van der Waals surface area contributed by atoms with Gasteiger partial charge in [-0.2, -0.15) is 10.2 Å². The van der Waals surface area contributed by atoms with Crippen LogP contribution < -0.4 is 4.90 Å². The van der Waals surface area contributed by atoms with Gasteiger partial charge in [0, 0.05) is 67.9 Å². The van der Waals surface area contributed by atoms with Crippen molar-refractivity contribution in [3.63, 3.8) is 0 Å². The Hall–Kier alpha value is -3.91. The predicted octanol–water partition coefficient (Wildman–Crippen LogP) is 4.62. The largest absolute Gasteiger partial charge is 0.379 e. The van der Waals surface area contributed by atoms with Crippen molar-refractivity contribution in [3.05, 3.63) is 78.2 Å². The minimum Gasteiger partial charge on any atom is -0.379 e. The summed E-state index contributed by atoms with van der Waals surface area (Å²) in [7, 11) is 1.92. The summed E-state index contributed by atoms with van der Waals surface area (Å²) < 4.78 is 9.70. The number of carbonyl (C=O) groups excluding carboxylic acids is 1. The molecule has 1 atom stereocenters. The van der Waals surface area contributed by atoms with Crippen molar-refractivity contribution in [2.75, 3.05) is 24.7 Å². The van der Waals surface area contributed by atoms with Crippen LogP contribution in [0.3, 0.4) is 0 Å². The minimum atomic E-state index is 0.0932. The summed E-state index contributed by atoms with van der Waals surface area (Å²) in [5.74, 6) is 0.971. The number of fused-ring (bicyclic) bond motifs is 1. The van der Waals surface area contributed by atoms with Gasteiger partial charge in [-0.3, -0.25) is 19.1 Å². The van der Waals surface area contributed by atoms with Crippen LogP contribution in [0.2, 0.25) is 0 Å². The Kier molecular flexibility index (Phi) is 5.81. The first-order valence-corrected chi connectivity index (χ1v) is 12.5. The first-order valence-electron chi connectivity index (χ1n) is 12.5. The van der Waals surface area contributed by atoms with Crippen LogP contribution in [0.5, 0.6) is 0 Å². The molecule has 2 aromatic heterocycles. The number of amides is 1. The van der Waals surface area contributed by atoms with Crippen molar-refractivity contribution >= 4 is 23.1 Å². The van der Waals surface area contributed by atoms with Crippen molar-refractivity contribution in [1.29, 1.82) is 0 Å². The maximum atomic E-state index is 12.3. The van der Waals surface area contributed by atoms with Crippen LogP contribution in [0.4, 0.5) is 17.2 Å². The molecule has 0 aliphatic carbocycles. The normalized spacial score (nSPS) is 17.3. The molecule has 1 amide bonds. The molecule has 1 saturated heterocycles. The zero-order valence-corrected chi connectivity index (χ0v) is 20.7. The highest BCUT2D eigenvalue weighted by molar-refractivity contribution is 5.79. The first-order chi connectivity index (χ1) is 17.6. The lowest BCUT2D eigenvalue weighted by molar-refractivity contribution is -0.129. The molecular weight excluding hydrogens is 452 g/mol. The number of ether oxygens (including phenoxy) is 1. The Bertz CT molecular complexity index is 1370. The molecule has 4 aromatic rings. The first kappa shape index (κ1) is 22.5. The molecule has 8 nitrogen and oxygen atoms in total. The molecule has 4 heterocycles. The van der Waals surface area contributed by atoms with E-state index in [-0.39, 0.29) is 11.9 Å². The highest BCUT2D eigenvalue weighted by Gasteiger charge is 2.33. The average molecular weight is 483 g/mol. The molecule has 184 valence electrons. The van der Waals surface area contributed by atoms with Gasteiger partial charge in [-0.15, -0.1) is 0 Å². The third-order valence-corrected chi connectivity index (χ3v) is 7.15. The summed E-state index contributed by atoms with van der Waals surface area (Å²) >= 11 is 0. The Morgan fingerprint density at radius 3 is 2.50 bits per heavy atom. The maximum absolute atomic E-state index is 12.3. The molecule has 2 aliphatic heterocycles. The number of hydrogen-bond acceptors (Lipinski definition) is 5.